The standard InChI is InChI=1S/C33H22F2N4/c1-17-14-22(26-12-7-20-4-10-24-18(2)15-28(34)38-32(24)30(20)36-26)6-9-23(17)27-13-8-21-5-11-25-19(3)16-29(35)39-33(25)31(21)37-27/h4-16H,1-3H3. The Morgan fingerprint density at radius 1 is 0.462 bits per heavy atom. The number of hydrogen-bond acceptors (Lipinski definition) is 4. The Bertz CT molecular complexity index is 2140. The molecule has 0 aliphatic heterocycles. The quantitative estimate of drug-likeness (QED) is 0.172. The van der Waals surface area contributed by atoms with Gasteiger partial charge in [0.1, 0.15) is 11.0 Å². The molecule has 3 aromatic carbocycles. The van der Waals surface area contributed by atoms with Gasteiger partial charge in [-0.25, -0.2) is 19.9 Å². The highest BCUT2D eigenvalue weighted by molar-refractivity contribution is 6.05. The second kappa shape index (κ2) is 8.60. The van der Waals surface area contributed by atoms with Crippen LogP contribution in [0.1, 0.15) is 16.7 Å². The number of nitrogens with zero attached hydrogens (tertiary/aromatic N) is 4. The monoisotopic (exact) mass is 512 g/mol. The van der Waals surface area contributed by atoms with Crippen LogP contribution in [0.2, 0.25) is 0 Å². The Balaban J connectivity index is 1.35. The van der Waals surface area contributed by atoms with E-state index >= 15 is 0 Å². The minimum Gasteiger partial charge on any atom is -0.245 e. The second-order valence-electron chi connectivity index (χ2n) is 10.0. The topological polar surface area (TPSA) is 51.6 Å². The van der Waals surface area contributed by atoms with Gasteiger partial charge in [0.15, 0.2) is 0 Å². The molecule has 0 aliphatic carbocycles. The Hall–Kier alpha value is -4.84. The minimum absolute atomic E-state index is 0.510. The number of aromatic nitrogens is 4. The van der Waals surface area contributed by atoms with Crippen LogP contribution in [0.3, 0.4) is 0 Å². The number of hydrogen-bond donors (Lipinski definition) is 0. The number of fused-ring (bicyclic) bond motifs is 6. The fraction of sp³-hybridized carbons (Fsp3) is 0.0909. The number of rotatable bonds is 2. The summed E-state index contributed by atoms with van der Waals surface area (Å²) in [7, 11) is 0. The maximum Gasteiger partial charge on any atom is 0.213 e. The SMILES string of the molecule is Cc1cc(-c2ccc3ccc4c(C)cc(F)nc4c3n2)ccc1-c1ccc2ccc3c(C)cc(F)nc3c2n1. The molecule has 0 fully saturated rings. The molecule has 4 nitrogen and oxygen atoms in total. The first-order valence-electron chi connectivity index (χ1n) is 12.7. The fourth-order valence-electron chi connectivity index (χ4n) is 5.42. The molecule has 0 spiro atoms. The van der Waals surface area contributed by atoms with E-state index in [4.69, 9.17) is 9.97 Å². The van der Waals surface area contributed by atoms with E-state index in [0.29, 0.717) is 22.1 Å². The first-order valence-corrected chi connectivity index (χ1v) is 12.7. The van der Waals surface area contributed by atoms with Crippen molar-refractivity contribution in [2.75, 3.05) is 0 Å². The Labute approximate surface area is 223 Å². The first kappa shape index (κ1) is 23.3. The molecule has 4 aromatic heterocycles. The number of pyridine rings is 4. The van der Waals surface area contributed by atoms with E-state index in [9.17, 15) is 8.78 Å². The predicted molar refractivity (Wildman–Crippen MR) is 153 cm³/mol. The Kier molecular flexibility index (Phi) is 5.13. The molecule has 0 amide bonds. The third-order valence-corrected chi connectivity index (χ3v) is 7.43. The van der Waals surface area contributed by atoms with Gasteiger partial charge >= 0.3 is 0 Å². The highest BCUT2D eigenvalue weighted by atomic mass is 19.1. The first-order chi connectivity index (χ1) is 18.9. The van der Waals surface area contributed by atoms with Crippen molar-refractivity contribution in [1.29, 1.82) is 0 Å². The summed E-state index contributed by atoms with van der Waals surface area (Å²) in [4.78, 5) is 18.2. The highest BCUT2D eigenvalue weighted by Crippen LogP contribution is 2.32. The summed E-state index contributed by atoms with van der Waals surface area (Å²) in [5.41, 5.74) is 8.63. The van der Waals surface area contributed by atoms with E-state index in [2.05, 4.69) is 16.0 Å². The molecule has 0 N–H and O–H groups in total. The lowest BCUT2D eigenvalue weighted by molar-refractivity contribution is 0.587. The number of benzene rings is 3. The van der Waals surface area contributed by atoms with Gasteiger partial charge in [0.2, 0.25) is 11.9 Å². The van der Waals surface area contributed by atoms with Crippen LogP contribution >= 0.6 is 0 Å². The molecule has 188 valence electrons. The molecule has 0 saturated carbocycles. The van der Waals surface area contributed by atoms with Crippen LogP contribution in [-0.4, -0.2) is 19.9 Å². The fourth-order valence-corrected chi connectivity index (χ4v) is 5.42. The molecule has 39 heavy (non-hydrogen) atoms. The van der Waals surface area contributed by atoms with E-state index < -0.39 is 11.9 Å². The number of halogens is 2. The second-order valence-corrected chi connectivity index (χ2v) is 10.0. The summed E-state index contributed by atoms with van der Waals surface area (Å²) in [6, 6.07) is 24.8. The predicted octanol–water partition coefficient (Wildman–Crippen LogP) is 8.42. The van der Waals surface area contributed by atoms with Crippen LogP contribution in [0.4, 0.5) is 8.78 Å². The maximum atomic E-state index is 14.2. The molecular formula is C33H22F2N4. The summed E-state index contributed by atoms with van der Waals surface area (Å²) in [6.45, 7) is 5.79. The van der Waals surface area contributed by atoms with Gasteiger partial charge in [0, 0.05) is 32.7 Å². The molecule has 0 unspecified atom stereocenters. The van der Waals surface area contributed by atoms with Gasteiger partial charge in [-0.05, 0) is 67.8 Å². The maximum absolute atomic E-state index is 14.2. The van der Waals surface area contributed by atoms with E-state index in [1.165, 1.54) is 12.1 Å². The van der Waals surface area contributed by atoms with Crippen LogP contribution in [0.25, 0.3) is 66.1 Å². The third-order valence-electron chi connectivity index (χ3n) is 7.43. The van der Waals surface area contributed by atoms with E-state index in [0.717, 1.165) is 60.8 Å². The molecule has 4 heterocycles. The average Bonchev–Trinajstić information content (AvgIpc) is 2.92. The van der Waals surface area contributed by atoms with Crippen LogP contribution in [0.15, 0.2) is 78.9 Å². The van der Waals surface area contributed by atoms with Crippen molar-refractivity contribution in [3.63, 3.8) is 0 Å². The van der Waals surface area contributed by atoms with Crippen molar-refractivity contribution in [3.05, 3.63) is 107 Å². The molecule has 0 bridgehead atoms. The van der Waals surface area contributed by atoms with E-state index in [1.54, 1.807) is 0 Å². The zero-order valence-electron chi connectivity index (χ0n) is 21.6. The lowest BCUT2D eigenvalue weighted by Crippen LogP contribution is -1.95. The summed E-state index contributed by atoms with van der Waals surface area (Å²) in [5, 5.41) is 3.59. The lowest BCUT2D eigenvalue weighted by atomic mass is 9.99. The van der Waals surface area contributed by atoms with E-state index in [1.807, 2.05) is 81.4 Å². The molecule has 0 aliphatic rings. The number of aryl methyl sites for hydroxylation is 3. The molecule has 7 rings (SSSR count). The largest absolute Gasteiger partial charge is 0.245 e. The van der Waals surface area contributed by atoms with Gasteiger partial charge in [-0.15, -0.1) is 0 Å². The Morgan fingerprint density at radius 2 is 0.974 bits per heavy atom. The molecule has 0 saturated heterocycles. The normalized spacial score (nSPS) is 11.7. The smallest absolute Gasteiger partial charge is 0.213 e. The van der Waals surface area contributed by atoms with Crippen LogP contribution < -0.4 is 0 Å². The summed E-state index contributed by atoms with van der Waals surface area (Å²) < 4.78 is 28.3. The highest BCUT2D eigenvalue weighted by Gasteiger charge is 2.13. The van der Waals surface area contributed by atoms with Crippen molar-refractivity contribution in [2.45, 2.75) is 20.8 Å². The minimum atomic E-state index is -0.510. The van der Waals surface area contributed by atoms with Crippen molar-refractivity contribution in [1.82, 2.24) is 19.9 Å². The van der Waals surface area contributed by atoms with Gasteiger partial charge in [-0.3, -0.25) is 0 Å². The van der Waals surface area contributed by atoms with Crippen molar-refractivity contribution in [2.24, 2.45) is 0 Å². The zero-order valence-corrected chi connectivity index (χ0v) is 21.6. The van der Waals surface area contributed by atoms with E-state index in [-0.39, 0.29) is 0 Å². The van der Waals surface area contributed by atoms with Crippen molar-refractivity contribution in [3.8, 4) is 22.5 Å². The lowest BCUT2D eigenvalue weighted by Gasteiger charge is -2.11. The molecule has 0 atom stereocenters. The Morgan fingerprint density at radius 3 is 1.54 bits per heavy atom. The van der Waals surface area contributed by atoms with Crippen LogP contribution in [-0.2, 0) is 0 Å². The van der Waals surface area contributed by atoms with Gasteiger partial charge in [0.25, 0.3) is 0 Å². The summed E-state index contributed by atoms with van der Waals surface area (Å²) >= 11 is 0. The van der Waals surface area contributed by atoms with Gasteiger partial charge < -0.3 is 0 Å². The molecule has 0 radical (unpaired) electrons. The molecular weight excluding hydrogens is 490 g/mol. The van der Waals surface area contributed by atoms with Crippen molar-refractivity contribution < 1.29 is 8.78 Å². The molecule has 7 aromatic rings. The van der Waals surface area contributed by atoms with Crippen molar-refractivity contribution >= 4 is 43.6 Å². The van der Waals surface area contributed by atoms with Crippen LogP contribution in [0, 0.1) is 32.7 Å². The summed E-state index contributed by atoms with van der Waals surface area (Å²) in [6.07, 6.45) is 0. The van der Waals surface area contributed by atoms with Gasteiger partial charge in [-0.2, -0.15) is 8.78 Å². The van der Waals surface area contributed by atoms with Crippen LogP contribution in [0.5, 0.6) is 0 Å². The third kappa shape index (κ3) is 3.79. The zero-order chi connectivity index (χ0) is 26.8. The summed E-state index contributed by atoms with van der Waals surface area (Å²) in [5.74, 6) is -1.02. The average molecular weight is 513 g/mol. The molecule has 6 heteroatoms. The van der Waals surface area contributed by atoms with Gasteiger partial charge in [-0.1, -0.05) is 48.5 Å². The van der Waals surface area contributed by atoms with Gasteiger partial charge in [0.05, 0.1) is 22.4 Å².